The summed E-state index contributed by atoms with van der Waals surface area (Å²) in [6.07, 6.45) is 0. The summed E-state index contributed by atoms with van der Waals surface area (Å²) in [6, 6.07) is 2.02. The molecule has 0 aromatic carbocycles. The maximum atomic E-state index is 12.3. The molecule has 0 unspecified atom stereocenters. The SMILES string of the molecule is Cc1cc(C)c(S(=O)(=O)N(C)C2CNC2)s1. The second kappa shape index (κ2) is 4.10. The Balaban J connectivity index is 2.34. The van der Waals surface area contributed by atoms with Crippen LogP contribution in [0.5, 0.6) is 0 Å². The Morgan fingerprint density at radius 3 is 2.44 bits per heavy atom. The first-order valence-electron chi connectivity index (χ1n) is 5.18. The number of likely N-dealkylation sites (N-methyl/N-ethyl adjacent to an activating group) is 1. The van der Waals surface area contributed by atoms with E-state index < -0.39 is 10.0 Å². The van der Waals surface area contributed by atoms with Crippen molar-refractivity contribution >= 4 is 21.4 Å². The molecule has 2 heterocycles. The highest BCUT2D eigenvalue weighted by molar-refractivity contribution is 7.91. The van der Waals surface area contributed by atoms with E-state index in [0.29, 0.717) is 4.21 Å². The number of sulfonamides is 1. The number of nitrogens with one attached hydrogen (secondary N) is 1. The summed E-state index contributed by atoms with van der Waals surface area (Å²) in [6.45, 7) is 5.28. The van der Waals surface area contributed by atoms with Crippen LogP contribution in [-0.4, -0.2) is 38.9 Å². The van der Waals surface area contributed by atoms with Crippen LogP contribution in [0, 0.1) is 13.8 Å². The molecule has 1 aliphatic rings. The van der Waals surface area contributed by atoms with Crippen molar-refractivity contribution < 1.29 is 8.42 Å². The molecule has 0 spiro atoms. The van der Waals surface area contributed by atoms with E-state index in [1.165, 1.54) is 15.6 Å². The summed E-state index contributed by atoms with van der Waals surface area (Å²) >= 11 is 1.35. The number of thiophene rings is 1. The van der Waals surface area contributed by atoms with Gasteiger partial charge >= 0.3 is 0 Å². The number of hydrogen-bond acceptors (Lipinski definition) is 4. The summed E-state index contributed by atoms with van der Waals surface area (Å²) in [5.41, 5.74) is 0.849. The summed E-state index contributed by atoms with van der Waals surface area (Å²) in [7, 11) is -1.64. The highest BCUT2D eigenvalue weighted by Crippen LogP contribution is 2.29. The Labute approximate surface area is 100 Å². The average molecular weight is 260 g/mol. The molecule has 2 rings (SSSR count). The standard InChI is InChI=1S/C10H16N2O2S2/c1-7-4-8(2)15-10(7)16(13,14)12(3)9-5-11-6-9/h4,9,11H,5-6H2,1-3H3. The van der Waals surface area contributed by atoms with E-state index in [1.807, 2.05) is 19.9 Å². The molecule has 6 heteroatoms. The molecule has 0 radical (unpaired) electrons. The minimum Gasteiger partial charge on any atom is -0.313 e. The van der Waals surface area contributed by atoms with Gasteiger partial charge in [0.05, 0.1) is 0 Å². The molecule has 0 bridgehead atoms. The largest absolute Gasteiger partial charge is 0.313 e. The Bertz CT molecular complexity index is 489. The fourth-order valence-electron chi connectivity index (χ4n) is 1.73. The van der Waals surface area contributed by atoms with Gasteiger partial charge < -0.3 is 5.32 Å². The summed E-state index contributed by atoms with van der Waals surface area (Å²) in [4.78, 5) is 1.04. The van der Waals surface area contributed by atoms with Crippen LogP contribution in [-0.2, 0) is 10.0 Å². The lowest BCUT2D eigenvalue weighted by Crippen LogP contribution is -2.57. The van der Waals surface area contributed by atoms with Crippen LogP contribution >= 0.6 is 11.3 Å². The summed E-state index contributed by atoms with van der Waals surface area (Å²) in [5.74, 6) is 0. The van der Waals surface area contributed by atoms with Crippen molar-refractivity contribution in [1.82, 2.24) is 9.62 Å². The van der Waals surface area contributed by atoms with Gasteiger partial charge in [0.2, 0.25) is 0 Å². The highest BCUT2D eigenvalue weighted by atomic mass is 32.2. The average Bonchev–Trinajstić information content (AvgIpc) is 2.42. The molecule has 1 aromatic heterocycles. The summed E-state index contributed by atoms with van der Waals surface area (Å²) < 4.78 is 26.6. The Morgan fingerprint density at radius 1 is 1.44 bits per heavy atom. The van der Waals surface area contributed by atoms with Crippen molar-refractivity contribution in [2.45, 2.75) is 24.1 Å². The zero-order chi connectivity index (χ0) is 11.9. The van der Waals surface area contributed by atoms with Gasteiger partial charge in [-0.15, -0.1) is 11.3 Å². The third kappa shape index (κ3) is 1.90. The molecule has 0 atom stereocenters. The molecule has 1 N–H and O–H groups in total. The third-order valence-corrected chi connectivity index (χ3v) is 6.56. The highest BCUT2D eigenvalue weighted by Gasteiger charge is 2.33. The fraction of sp³-hybridized carbons (Fsp3) is 0.600. The van der Waals surface area contributed by atoms with Crippen molar-refractivity contribution in [2.24, 2.45) is 0 Å². The lowest BCUT2D eigenvalue weighted by atomic mass is 10.2. The van der Waals surface area contributed by atoms with Gasteiger partial charge in [-0.25, -0.2) is 8.42 Å². The van der Waals surface area contributed by atoms with Crippen LogP contribution < -0.4 is 5.32 Å². The first-order chi connectivity index (χ1) is 7.43. The van der Waals surface area contributed by atoms with Gasteiger partial charge in [0.1, 0.15) is 4.21 Å². The van der Waals surface area contributed by atoms with Crippen molar-refractivity contribution in [3.8, 4) is 0 Å². The zero-order valence-electron chi connectivity index (χ0n) is 9.65. The topological polar surface area (TPSA) is 49.4 Å². The predicted molar refractivity (Wildman–Crippen MR) is 65.4 cm³/mol. The molecule has 1 aromatic rings. The first-order valence-corrected chi connectivity index (χ1v) is 7.44. The smallest absolute Gasteiger partial charge is 0.252 e. The van der Waals surface area contributed by atoms with Gasteiger partial charge in [-0.1, -0.05) is 0 Å². The maximum absolute atomic E-state index is 12.3. The van der Waals surface area contributed by atoms with Crippen LogP contribution in [0.15, 0.2) is 10.3 Å². The van der Waals surface area contributed by atoms with Gasteiger partial charge in [0, 0.05) is 31.1 Å². The molecule has 90 valence electrons. The first kappa shape index (κ1) is 12.0. The van der Waals surface area contributed by atoms with Crippen molar-refractivity contribution in [3.63, 3.8) is 0 Å². The van der Waals surface area contributed by atoms with Crippen molar-refractivity contribution in [3.05, 3.63) is 16.5 Å². The van der Waals surface area contributed by atoms with Crippen molar-refractivity contribution in [1.29, 1.82) is 0 Å². The molecule has 1 saturated heterocycles. The van der Waals surface area contributed by atoms with E-state index in [9.17, 15) is 8.42 Å². The third-order valence-electron chi connectivity index (χ3n) is 2.88. The molecule has 1 fully saturated rings. The molecule has 0 saturated carbocycles. The second-order valence-corrected chi connectivity index (χ2v) is 7.61. The van der Waals surface area contributed by atoms with E-state index in [0.717, 1.165) is 23.5 Å². The quantitative estimate of drug-likeness (QED) is 0.880. The van der Waals surface area contributed by atoms with Crippen LogP contribution in [0.3, 0.4) is 0 Å². The Morgan fingerprint density at radius 2 is 2.06 bits per heavy atom. The fourth-order valence-corrected chi connectivity index (χ4v) is 4.92. The van der Waals surface area contributed by atoms with Gasteiger partial charge in [0.15, 0.2) is 0 Å². The van der Waals surface area contributed by atoms with Crippen LogP contribution in [0.4, 0.5) is 0 Å². The molecule has 0 aliphatic carbocycles. The van der Waals surface area contributed by atoms with E-state index >= 15 is 0 Å². The number of aryl methyl sites for hydroxylation is 2. The number of rotatable bonds is 3. The van der Waals surface area contributed by atoms with E-state index in [1.54, 1.807) is 7.05 Å². The van der Waals surface area contributed by atoms with E-state index in [4.69, 9.17) is 0 Å². The predicted octanol–water partition coefficient (Wildman–Crippen LogP) is 0.957. The van der Waals surface area contributed by atoms with Gasteiger partial charge in [0.25, 0.3) is 10.0 Å². The lowest BCUT2D eigenvalue weighted by molar-refractivity contribution is 0.274. The molecule has 16 heavy (non-hydrogen) atoms. The maximum Gasteiger partial charge on any atom is 0.252 e. The van der Waals surface area contributed by atoms with Crippen LogP contribution in [0.1, 0.15) is 10.4 Å². The van der Waals surface area contributed by atoms with Crippen molar-refractivity contribution in [2.75, 3.05) is 20.1 Å². The van der Waals surface area contributed by atoms with E-state index in [-0.39, 0.29) is 6.04 Å². The Hall–Kier alpha value is -0.430. The van der Waals surface area contributed by atoms with Gasteiger partial charge in [-0.2, -0.15) is 4.31 Å². The summed E-state index contributed by atoms with van der Waals surface area (Å²) in [5, 5.41) is 3.08. The zero-order valence-corrected chi connectivity index (χ0v) is 11.3. The monoisotopic (exact) mass is 260 g/mol. The van der Waals surface area contributed by atoms with Gasteiger partial charge in [-0.3, -0.25) is 0 Å². The number of nitrogens with zero attached hydrogens (tertiary/aromatic N) is 1. The molecule has 0 amide bonds. The van der Waals surface area contributed by atoms with Crippen LogP contribution in [0.2, 0.25) is 0 Å². The lowest BCUT2D eigenvalue weighted by Gasteiger charge is -2.34. The Kier molecular flexibility index (Phi) is 3.09. The minimum absolute atomic E-state index is 0.104. The normalized spacial score (nSPS) is 17.8. The molecule has 4 nitrogen and oxygen atoms in total. The molecule has 1 aliphatic heterocycles. The van der Waals surface area contributed by atoms with Gasteiger partial charge in [-0.05, 0) is 25.5 Å². The minimum atomic E-state index is -3.30. The van der Waals surface area contributed by atoms with E-state index in [2.05, 4.69) is 5.32 Å². The number of hydrogen-bond donors (Lipinski definition) is 1. The molecular formula is C10H16N2O2S2. The molecular weight excluding hydrogens is 244 g/mol. The second-order valence-electron chi connectivity index (χ2n) is 4.16. The van der Waals surface area contributed by atoms with Crippen LogP contribution in [0.25, 0.3) is 0 Å².